The molecule has 2 atom stereocenters. The molecule has 4 nitrogen and oxygen atoms in total. The number of ether oxygens (including phenoxy) is 1. The van der Waals surface area contributed by atoms with Crippen LogP contribution in [0.2, 0.25) is 0 Å². The molecular weight excluding hydrogens is 204 g/mol. The van der Waals surface area contributed by atoms with Crippen LogP contribution in [0.3, 0.4) is 0 Å². The van der Waals surface area contributed by atoms with E-state index >= 15 is 0 Å². The molecule has 0 aromatic heterocycles. The van der Waals surface area contributed by atoms with Crippen molar-refractivity contribution in [2.24, 2.45) is 5.92 Å². The lowest BCUT2D eigenvalue weighted by atomic mass is 9.76. The molecule has 0 aliphatic carbocycles. The highest BCUT2D eigenvalue weighted by Gasteiger charge is 2.47. The molecule has 0 bridgehead atoms. The molecule has 2 N–H and O–H groups in total. The molecule has 1 saturated heterocycles. The Morgan fingerprint density at radius 3 is 2.81 bits per heavy atom. The van der Waals surface area contributed by atoms with Crippen molar-refractivity contribution in [3.63, 3.8) is 0 Å². The van der Waals surface area contributed by atoms with Gasteiger partial charge in [-0.2, -0.15) is 0 Å². The van der Waals surface area contributed by atoms with Gasteiger partial charge in [0.25, 0.3) is 0 Å². The van der Waals surface area contributed by atoms with Crippen LogP contribution in [0.1, 0.15) is 33.6 Å². The molecule has 1 aliphatic rings. The molecule has 0 amide bonds. The smallest absolute Gasteiger partial charge is 0.326 e. The Morgan fingerprint density at radius 1 is 1.62 bits per heavy atom. The third kappa shape index (κ3) is 2.55. The Bertz CT molecular complexity index is 243. The van der Waals surface area contributed by atoms with Gasteiger partial charge in [0, 0.05) is 18.5 Å². The molecular formula is C12H24N2O2. The van der Waals surface area contributed by atoms with E-state index in [0.717, 1.165) is 25.9 Å². The van der Waals surface area contributed by atoms with Crippen LogP contribution < -0.4 is 10.6 Å². The molecule has 0 radical (unpaired) electrons. The summed E-state index contributed by atoms with van der Waals surface area (Å²) in [5.74, 6) is 0.186. The van der Waals surface area contributed by atoms with Gasteiger partial charge in [-0.05, 0) is 33.2 Å². The Balaban J connectivity index is 2.94. The maximum atomic E-state index is 12.1. The van der Waals surface area contributed by atoms with Crippen molar-refractivity contribution in [2.75, 3.05) is 20.2 Å². The average molecular weight is 228 g/mol. The molecule has 1 fully saturated rings. The zero-order chi connectivity index (χ0) is 12.2. The van der Waals surface area contributed by atoms with Gasteiger partial charge in [0.1, 0.15) is 5.54 Å². The Morgan fingerprint density at radius 2 is 2.31 bits per heavy atom. The Kier molecular flexibility index (Phi) is 4.74. The van der Waals surface area contributed by atoms with Gasteiger partial charge in [0.05, 0.1) is 7.11 Å². The number of rotatable bonds is 4. The van der Waals surface area contributed by atoms with E-state index in [2.05, 4.69) is 31.4 Å². The maximum Gasteiger partial charge on any atom is 0.326 e. The normalized spacial score (nSPS) is 30.4. The number of esters is 1. The lowest BCUT2D eigenvalue weighted by molar-refractivity contribution is -0.153. The van der Waals surface area contributed by atoms with Crippen molar-refractivity contribution < 1.29 is 9.53 Å². The number of carbonyl (C=O) groups excluding carboxylic acids is 1. The molecule has 1 rings (SSSR count). The van der Waals surface area contributed by atoms with E-state index in [-0.39, 0.29) is 12.0 Å². The highest BCUT2D eigenvalue weighted by Crippen LogP contribution is 2.29. The van der Waals surface area contributed by atoms with Gasteiger partial charge in [-0.15, -0.1) is 0 Å². The third-order valence-electron chi connectivity index (χ3n) is 3.37. The summed E-state index contributed by atoms with van der Waals surface area (Å²) in [4.78, 5) is 12.1. The van der Waals surface area contributed by atoms with Crippen LogP contribution in [0.4, 0.5) is 0 Å². The van der Waals surface area contributed by atoms with E-state index in [0.29, 0.717) is 5.92 Å². The summed E-state index contributed by atoms with van der Waals surface area (Å²) in [6.45, 7) is 8.01. The average Bonchev–Trinajstić information content (AvgIpc) is 2.27. The molecule has 4 heteroatoms. The van der Waals surface area contributed by atoms with Crippen molar-refractivity contribution >= 4 is 5.97 Å². The first-order valence-electron chi connectivity index (χ1n) is 6.13. The third-order valence-corrected chi connectivity index (χ3v) is 3.37. The van der Waals surface area contributed by atoms with Gasteiger partial charge < -0.3 is 10.1 Å². The Hall–Kier alpha value is -0.610. The first-order chi connectivity index (χ1) is 7.56. The van der Waals surface area contributed by atoms with Crippen LogP contribution in [0.5, 0.6) is 0 Å². The summed E-state index contributed by atoms with van der Waals surface area (Å²) in [6.07, 6.45) is 1.78. The first kappa shape index (κ1) is 13.5. The molecule has 94 valence electrons. The minimum Gasteiger partial charge on any atom is -0.468 e. The van der Waals surface area contributed by atoms with E-state index in [1.807, 2.05) is 0 Å². The minimum atomic E-state index is -0.497. The number of piperidine rings is 1. The highest BCUT2D eigenvalue weighted by atomic mass is 16.5. The van der Waals surface area contributed by atoms with Crippen LogP contribution in [-0.4, -0.2) is 37.7 Å². The number of hydrogen-bond acceptors (Lipinski definition) is 4. The Labute approximate surface area is 98.1 Å². The predicted octanol–water partition coefficient (Wildman–Crippen LogP) is 0.916. The van der Waals surface area contributed by atoms with Gasteiger partial charge in [-0.3, -0.25) is 10.1 Å². The second-order valence-corrected chi connectivity index (χ2v) is 4.82. The number of hydrogen-bond donors (Lipinski definition) is 2. The largest absolute Gasteiger partial charge is 0.468 e. The summed E-state index contributed by atoms with van der Waals surface area (Å²) >= 11 is 0. The van der Waals surface area contributed by atoms with Gasteiger partial charge >= 0.3 is 5.97 Å². The van der Waals surface area contributed by atoms with Crippen LogP contribution in [0.15, 0.2) is 0 Å². The van der Waals surface area contributed by atoms with Gasteiger partial charge in [-0.1, -0.05) is 6.92 Å². The molecule has 2 unspecified atom stereocenters. The fourth-order valence-electron chi connectivity index (χ4n) is 2.65. The van der Waals surface area contributed by atoms with E-state index in [1.54, 1.807) is 0 Å². The van der Waals surface area contributed by atoms with Crippen molar-refractivity contribution in [1.82, 2.24) is 10.6 Å². The van der Waals surface area contributed by atoms with E-state index in [4.69, 9.17) is 4.74 Å². The lowest BCUT2D eigenvalue weighted by Gasteiger charge is -2.43. The molecule has 0 saturated carbocycles. The zero-order valence-electron chi connectivity index (χ0n) is 10.8. The summed E-state index contributed by atoms with van der Waals surface area (Å²) in [5.41, 5.74) is -0.497. The zero-order valence-corrected chi connectivity index (χ0v) is 10.8. The maximum absolute atomic E-state index is 12.1. The van der Waals surface area contributed by atoms with E-state index in [1.165, 1.54) is 7.11 Å². The minimum absolute atomic E-state index is 0.116. The van der Waals surface area contributed by atoms with Crippen molar-refractivity contribution in [3.8, 4) is 0 Å². The standard InChI is InChI=1S/C12H24N2O2/c1-5-10-8-13-7-6-12(10,11(15)16-4)14-9(2)3/h9-10,13-14H,5-8H2,1-4H3. The second-order valence-electron chi connectivity index (χ2n) is 4.82. The summed E-state index contributed by atoms with van der Waals surface area (Å²) in [5, 5.41) is 6.78. The van der Waals surface area contributed by atoms with Gasteiger partial charge in [-0.25, -0.2) is 0 Å². The number of methoxy groups -OCH3 is 1. The highest BCUT2D eigenvalue weighted by molar-refractivity contribution is 5.81. The number of nitrogens with one attached hydrogen (secondary N) is 2. The van der Waals surface area contributed by atoms with E-state index in [9.17, 15) is 4.79 Å². The molecule has 0 aromatic rings. The number of carbonyl (C=O) groups is 1. The van der Waals surface area contributed by atoms with Gasteiger partial charge in [0.15, 0.2) is 0 Å². The summed E-state index contributed by atoms with van der Waals surface area (Å²) in [6, 6.07) is 0.284. The monoisotopic (exact) mass is 228 g/mol. The molecule has 16 heavy (non-hydrogen) atoms. The molecule has 0 aromatic carbocycles. The summed E-state index contributed by atoms with van der Waals surface area (Å²) in [7, 11) is 1.47. The molecule has 1 heterocycles. The topological polar surface area (TPSA) is 50.4 Å². The van der Waals surface area contributed by atoms with E-state index < -0.39 is 5.54 Å². The van der Waals surface area contributed by atoms with Crippen LogP contribution in [-0.2, 0) is 9.53 Å². The second kappa shape index (κ2) is 5.64. The van der Waals surface area contributed by atoms with Crippen LogP contribution >= 0.6 is 0 Å². The summed E-state index contributed by atoms with van der Waals surface area (Å²) < 4.78 is 5.00. The predicted molar refractivity (Wildman–Crippen MR) is 64.3 cm³/mol. The van der Waals surface area contributed by atoms with Crippen molar-refractivity contribution in [2.45, 2.75) is 45.2 Å². The molecule has 1 aliphatic heterocycles. The van der Waals surface area contributed by atoms with Crippen LogP contribution in [0.25, 0.3) is 0 Å². The fraction of sp³-hybridized carbons (Fsp3) is 0.917. The van der Waals surface area contributed by atoms with Crippen LogP contribution in [0, 0.1) is 5.92 Å². The first-order valence-corrected chi connectivity index (χ1v) is 6.13. The van der Waals surface area contributed by atoms with Crippen molar-refractivity contribution in [3.05, 3.63) is 0 Å². The fourth-order valence-corrected chi connectivity index (χ4v) is 2.65. The van der Waals surface area contributed by atoms with Gasteiger partial charge in [0.2, 0.25) is 0 Å². The lowest BCUT2D eigenvalue weighted by Crippen LogP contribution is -2.65. The molecule has 0 spiro atoms. The quantitative estimate of drug-likeness (QED) is 0.702. The van der Waals surface area contributed by atoms with Crippen molar-refractivity contribution in [1.29, 1.82) is 0 Å². The SMILES string of the molecule is CCC1CNCCC1(NC(C)C)C(=O)OC.